The SMILES string of the molecule is CC(C)=CB(O)O.CC(C)=Cc1cnc2c(c1)c(-c1cnn(CCN3CCCCC3)c1)cn2S(=O)(=O)c1ccccc1.O=S(=O)(c1ccccc1)n1cc(-c2cnn(CCN3CCOCC3)c2)c2cc(Br)cnc21.[Cl][Pd][Cl].c1ccc(P(c2ccccc2)c2ccccc2)cc1.c1ccc(P(c2ccccc2)c2ccccc2)cc1. The fraction of sp³-hybridized carbons (Fsp3) is 0.191. The molecule has 0 spiro atoms. The summed E-state index contributed by atoms with van der Waals surface area (Å²) in [5, 5.41) is 35.4. The molecule has 2 saturated heterocycles. The van der Waals surface area contributed by atoms with Crippen molar-refractivity contribution in [2.45, 2.75) is 69.8 Å². The third kappa shape index (κ3) is 24.7. The van der Waals surface area contributed by atoms with Crippen LogP contribution in [-0.4, -0.2) is 134 Å². The van der Waals surface area contributed by atoms with Crippen LogP contribution < -0.4 is 31.8 Å². The number of hydrogen-bond donors (Lipinski definition) is 2. The van der Waals surface area contributed by atoms with E-state index in [1.165, 1.54) is 65.0 Å². The van der Waals surface area contributed by atoms with Crippen LogP contribution in [0.3, 0.4) is 0 Å². The second-order valence-electron chi connectivity index (χ2n) is 27.4. The summed E-state index contributed by atoms with van der Waals surface area (Å²) in [6.07, 6.45) is 20.1. The maximum atomic E-state index is 13.5. The largest absolute Gasteiger partial charge is 0.0622 e. The van der Waals surface area contributed by atoms with E-state index in [-0.39, 0.29) is 25.7 Å². The molecule has 8 heterocycles. The Labute approximate surface area is 703 Å². The van der Waals surface area contributed by atoms with E-state index in [9.17, 15) is 16.8 Å². The second-order valence-corrected chi connectivity index (χ2v) is 38.8. The summed E-state index contributed by atoms with van der Waals surface area (Å²) < 4.78 is 66.3. The zero-order valence-electron chi connectivity index (χ0n) is 64.4. The van der Waals surface area contributed by atoms with Crippen molar-refractivity contribution in [2.24, 2.45) is 0 Å². The van der Waals surface area contributed by atoms with E-state index in [0.29, 0.717) is 11.3 Å². The fourth-order valence-corrected chi connectivity index (χ4v) is 20.8. The number of rotatable bonds is 20. The van der Waals surface area contributed by atoms with E-state index in [4.69, 9.17) is 33.8 Å². The predicted octanol–water partition coefficient (Wildman–Crippen LogP) is 16.5. The molecule has 2 fully saturated rings. The molecule has 2 aliphatic heterocycles. The molecule has 16 rings (SSSR count). The molecule has 8 aromatic carbocycles. The van der Waals surface area contributed by atoms with Crippen molar-refractivity contribution in [3.63, 3.8) is 0 Å². The van der Waals surface area contributed by atoms with Gasteiger partial charge >= 0.3 is 42.1 Å². The number of ether oxygens (including phenoxy) is 1. The van der Waals surface area contributed by atoms with E-state index in [1.807, 2.05) is 60.0 Å². The van der Waals surface area contributed by atoms with E-state index in [1.54, 1.807) is 105 Å². The van der Waals surface area contributed by atoms with Crippen LogP contribution in [0.2, 0.25) is 0 Å². The molecule has 14 aromatic rings. The fourth-order valence-electron chi connectivity index (χ4n) is 13.2. The summed E-state index contributed by atoms with van der Waals surface area (Å²) in [7, 11) is -0.143. The third-order valence-corrected chi connectivity index (χ3v) is 27.2. The Balaban J connectivity index is 0.000000149. The average molecular weight is 1810 g/mol. The zero-order chi connectivity index (χ0) is 80.9. The third-order valence-electron chi connectivity index (χ3n) is 18.6. The summed E-state index contributed by atoms with van der Waals surface area (Å²) >= 11 is 3.35. The molecule has 0 saturated carbocycles. The van der Waals surface area contributed by atoms with E-state index < -0.39 is 43.0 Å². The molecule has 17 nitrogen and oxygen atoms in total. The van der Waals surface area contributed by atoms with Crippen LogP contribution in [0.1, 0.15) is 52.5 Å². The summed E-state index contributed by atoms with van der Waals surface area (Å²) in [5.74, 6) is 1.36. The molecule has 26 heteroatoms. The van der Waals surface area contributed by atoms with Crippen LogP contribution in [0.25, 0.3) is 50.4 Å². The monoisotopic (exact) mass is 1800 g/mol. The van der Waals surface area contributed by atoms with Crippen molar-refractivity contribution in [3.05, 3.63) is 332 Å². The second kappa shape index (κ2) is 44.1. The van der Waals surface area contributed by atoms with Gasteiger partial charge in [-0.3, -0.25) is 14.3 Å². The predicted molar refractivity (Wildman–Crippen MR) is 476 cm³/mol. The number of nitrogens with zero attached hydrogens (tertiary/aromatic N) is 10. The normalized spacial score (nSPS) is 13.0. The van der Waals surface area contributed by atoms with Gasteiger partial charge in [-0.1, -0.05) is 248 Å². The van der Waals surface area contributed by atoms with Gasteiger partial charge in [0.25, 0.3) is 20.0 Å². The summed E-state index contributed by atoms with van der Waals surface area (Å²) in [4.78, 5) is 14.3. The van der Waals surface area contributed by atoms with Gasteiger partial charge in [-0.05, 0) is 159 Å². The number of aromatic nitrogens is 8. The van der Waals surface area contributed by atoms with E-state index >= 15 is 0 Å². The van der Waals surface area contributed by atoms with Crippen molar-refractivity contribution < 1.29 is 47.6 Å². The van der Waals surface area contributed by atoms with Crippen LogP contribution >= 0.6 is 50.8 Å². The number of pyridine rings is 2. The van der Waals surface area contributed by atoms with Gasteiger partial charge in [0.05, 0.1) is 48.5 Å². The topological polar surface area (TPSA) is 196 Å². The Morgan fingerprint density at radius 1 is 0.461 bits per heavy atom. The minimum absolute atomic E-state index is 0.106. The first-order chi connectivity index (χ1) is 55.9. The van der Waals surface area contributed by atoms with Crippen LogP contribution in [-0.2, 0) is 53.8 Å². The van der Waals surface area contributed by atoms with Gasteiger partial charge in [0.15, 0.2) is 11.3 Å². The molecule has 0 bridgehead atoms. The molecule has 0 atom stereocenters. The van der Waals surface area contributed by atoms with Crippen molar-refractivity contribution >= 4 is 138 Å². The molecule has 0 unspecified atom stereocenters. The minimum atomic E-state index is -3.80. The van der Waals surface area contributed by atoms with Gasteiger partial charge in [-0.15, -0.1) is 0 Å². The molecule has 2 N–H and O–H groups in total. The summed E-state index contributed by atoms with van der Waals surface area (Å²) in [5.41, 5.74) is 7.09. The van der Waals surface area contributed by atoms with E-state index in [0.717, 1.165) is 120 Å². The molecule has 0 radical (unpaired) electrons. The van der Waals surface area contributed by atoms with Crippen LogP contribution in [0, 0.1) is 0 Å². The Morgan fingerprint density at radius 2 is 0.800 bits per heavy atom. The number of piperidine rings is 1. The summed E-state index contributed by atoms with van der Waals surface area (Å²) in [6.45, 7) is 16.8. The van der Waals surface area contributed by atoms with Crippen molar-refractivity contribution in [1.29, 1.82) is 0 Å². The van der Waals surface area contributed by atoms with Gasteiger partial charge in [-0.25, -0.2) is 34.7 Å². The number of morpholine rings is 1. The molecule has 6 aromatic heterocycles. The van der Waals surface area contributed by atoms with Gasteiger partial charge in [-0.2, -0.15) is 10.2 Å². The Hall–Kier alpha value is -8.61. The molecular formula is C89H92BBrCl2N10O7P2PdS2. The maximum absolute atomic E-state index is 13.5. The Kier molecular flexibility index (Phi) is 33.4. The number of likely N-dealkylation sites (tertiary alicyclic amines) is 1. The van der Waals surface area contributed by atoms with E-state index in [2.05, 4.69) is 228 Å². The first-order valence-corrected chi connectivity index (χ1v) is 48.0. The maximum Gasteiger partial charge on any atom is -0.0134 e. The molecular weight excluding hydrogens is 1720 g/mol. The molecule has 115 heavy (non-hydrogen) atoms. The molecule has 2 aliphatic rings. The number of allylic oxidation sites excluding steroid dienone is 2. The zero-order valence-corrected chi connectivity index (χ0v) is 72.4. The molecule has 0 aliphatic carbocycles. The first-order valence-electron chi connectivity index (χ1n) is 37.6. The molecule has 0 amide bonds. The van der Waals surface area contributed by atoms with Gasteiger partial charge < -0.3 is 19.7 Å². The minimum Gasteiger partial charge on any atom is -0.0622 e. The van der Waals surface area contributed by atoms with Gasteiger partial charge in [0, 0.05) is 101 Å². The number of hydrogen-bond acceptors (Lipinski definition) is 13. The average Bonchev–Trinajstić information content (AvgIpc) is 1.60. The van der Waals surface area contributed by atoms with Crippen LogP contribution in [0.5, 0.6) is 0 Å². The smallest absolute Gasteiger partial charge is 0.0134 e. The Bertz CT molecular complexity index is 5320. The standard InChI is InChI=1S/C27H31N5O2S.C22H22BrN5O3S.2C18H15P.C4H9BO2.2ClH.Pd/c1-21(2)15-22-16-25-26(23-18-29-31(19-23)14-13-30-11-7-4-8-12-30)20-32(27(25)28-17-22)35(33,34)24-9-5-3-6-10-24;23-18-12-20-21(17-13-25-27(15-17)7-6-26-8-10-31-11-9-26)16-28(22(20)24-14-18)32(29,30)19-4-2-1-3-5-19;2*1-4-10-16(11-5-1)19(17-12-6-2-7-13-17)18-14-8-3-9-15-18;1-4(2)3-5(6)7;;;/h3,5-6,9-10,15-20H,4,7-8,11-14H2,1-2H3;1-5,12-16H,6-11H2;2*1-15H;3,6-7H,1-2H3;2*1H;/q;;;;;;;+2/p-2. The molecule has 596 valence electrons. The number of fused-ring (bicyclic) bond motifs is 2. The van der Waals surface area contributed by atoms with Crippen LogP contribution in [0.15, 0.2) is 336 Å². The van der Waals surface area contributed by atoms with Crippen molar-refractivity contribution in [3.8, 4) is 22.3 Å². The van der Waals surface area contributed by atoms with Crippen molar-refractivity contribution in [2.75, 3.05) is 52.5 Å². The number of halogens is 3. The van der Waals surface area contributed by atoms with Gasteiger partial charge in [0.2, 0.25) is 0 Å². The Morgan fingerprint density at radius 3 is 1.14 bits per heavy atom. The summed E-state index contributed by atoms with van der Waals surface area (Å²) in [6, 6.07) is 85.4. The van der Waals surface area contributed by atoms with Crippen molar-refractivity contribution in [1.82, 2.24) is 47.3 Å². The van der Waals surface area contributed by atoms with Gasteiger partial charge in [0.1, 0.15) is 0 Å². The van der Waals surface area contributed by atoms with Crippen LogP contribution in [0.4, 0.5) is 0 Å². The first kappa shape index (κ1) is 87.2. The number of benzene rings is 8. The quantitative estimate of drug-likeness (QED) is 0.0541.